The monoisotopic (exact) mass is 260 g/mol. The van der Waals surface area contributed by atoms with Crippen LogP contribution in [0.5, 0.6) is 0 Å². The predicted octanol–water partition coefficient (Wildman–Crippen LogP) is 1.83. The lowest BCUT2D eigenvalue weighted by Gasteiger charge is -2.16. The summed E-state index contributed by atoms with van der Waals surface area (Å²) in [7, 11) is -3.37. The van der Waals surface area contributed by atoms with E-state index in [-0.39, 0.29) is 4.90 Å². The van der Waals surface area contributed by atoms with Gasteiger partial charge in [0.2, 0.25) is 10.0 Å². The zero-order valence-electron chi connectivity index (χ0n) is 8.98. The van der Waals surface area contributed by atoms with Gasteiger partial charge >= 0.3 is 0 Å². The number of pyridine rings is 1. The number of rotatable bonds is 2. The molecule has 0 N–H and O–H groups in total. The van der Waals surface area contributed by atoms with Crippen molar-refractivity contribution in [3.05, 3.63) is 23.0 Å². The van der Waals surface area contributed by atoms with Crippen LogP contribution in [0.1, 0.15) is 18.5 Å². The number of hydrogen-bond donors (Lipinski definition) is 0. The molecule has 88 valence electrons. The molecule has 16 heavy (non-hydrogen) atoms. The van der Waals surface area contributed by atoms with Crippen LogP contribution in [0.3, 0.4) is 0 Å². The van der Waals surface area contributed by atoms with E-state index in [1.54, 1.807) is 6.92 Å². The van der Waals surface area contributed by atoms with Gasteiger partial charge in [-0.3, -0.25) is 0 Å². The fourth-order valence-corrected chi connectivity index (χ4v) is 3.72. The quantitative estimate of drug-likeness (QED) is 0.763. The number of sulfonamides is 1. The summed E-state index contributed by atoms with van der Waals surface area (Å²) in [5.41, 5.74) is 0.458. The summed E-state index contributed by atoms with van der Waals surface area (Å²) < 4.78 is 25.9. The van der Waals surface area contributed by atoms with E-state index in [2.05, 4.69) is 4.98 Å². The summed E-state index contributed by atoms with van der Waals surface area (Å²) in [6.45, 7) is 2.86. The first-order valence-corrected chi connectivity index (χ1v) is 6.97. The Morgan fingerprint density at radius 3 is 2.50 bits per heavy atom. The van der Waals surface area contributed by atoms with Gasteiger partial charge in [-0.05, 0) is 31.9 Å². The molecular formula is C10H13ClN2O2S. The van der Waals surface area contributed by atoms with Crippen molar-refractivity contribution in [2.24, 2.45) is 0 Å². The third-order valence-corrected chi connectivity index (χ3v) is 4.93. The van der Waals surface area contributed by atoms with Crippen LogP contribution in [-0.2, 0) is 10.0 Å². The molecule has 1 fully saturated rings. The SMILES string of the molecule is Cc1nc(Cl)ccc1S(=O)(=O)N1CCCC1. The number of aromatic nitrogens is 1. The lowest BCUT2D eigenvalue weighted by Crippen LogP contribution is -2.28. The van der Waals surface area contributed by atoms with Gasteiger partial charge in [0.1, 0.15) is 10.0 Å². The highest BCUT2D eigenvalue weighted by molar-refractivity contribution is 7.89. The van der Waals surface area contributed by atoms with Crippen LogP contribution in [0, 0.1) is 6.92 Å². The largest absolute Gasteiger partial charge is 0.244 e. The van der Waals surface area contributed by atoms with Crippen LogP contribution in [-0.4, -0.2) is 30.8 Å². The van der Waals surface area contributed by atoms with E-state index in [0.717, 1.165) is 12.8 Å². The minimum atomic E-state index is -3.37. The second-order valence-electron chi connectivity index (χ2n) is 3.83. The Hall–Kier alpha value is -0.650. The van der Waals surface area contributed by atoms with Crippen LogP contribution >= 0.6 is 11.6 Å². The molecule has 0 aromatic carbocycles. The van der Waals surface area contributed by atoms with Crippen LogP contribution < -0.4 is 0 Å². The Morgan fingerprint density at radius 1 is 1.31 bits per heavy atom. The molecule has 1 aliphatic rings. The Labute approximate surface area is 100 Å². The molecule has 0 spiro atoms. The molecule has 2 rings (SSSR count). The van der Waals surface area contributed by atoms with Crippen LogP contribution in [0.2, 0.25) is 5.15 Å². The average Bonchev–Trinajstić information content (AvgIpc) is 2.69. The standard InChI is InChI=1S/C10H13ClN2O2S/c1-8-9(4-5-10(11)12-8)16(14,15)13-6-2-3-7-13/h4-5H,2-3,6-7H2,1H3. The highest BCUT2D eigenvalue weighted by atomic mass is 35.5. The van der Waals surface area contributed by atoms with Gasteiger partial charge in [0.15, 0.2) is 0 Å². The fraction of sp³-hybridized carbons (Fsp3) is 0.500. The summed E-state index contributed by atoms with van der Waals surface area (Å²) in [6.07, 6.45) is 1.86. The van der Waals surface area contributed by atoms with Crippen molar-refractivity contribution in [2.45, 2.75) is 24.7 Å². The first-order chi connectivity index (χ1) is 7.51. The number of nitrogens with zero attached hydrogens (tertiary/aromatic N) is 2. The summed E-state index contributed by atoms with van der Waals surface area (Å²) in [5, 5.41) is 0.317. The fourth-order valence-electron chi connectivity index (χ4n) is 1.86. The highest BCUT2D eigenvalue weighted by Gasteiger charge is 2.28. The van der Waals surface area contributed by atoms with Gasteiger partial charge in [-0.1, -0.05) is 11.6 Å². The molecule has 0 radical (unpaired) electrons. The molecule has 0 bridgehead atoms. The lowest BCUT2D eigenvalue weighted by atomic mass is 10.4. The molecule has 1 aromatic rings. The molecule has 2 heterocycles. The van der Waals surface area contributed by atoms with Crippen molar-refractivity contribution in [3.63, 3.8) is 0 Å². The van der Waals surface area contributed by atoms with E-state index in [4.69, 9.17) is 11.6 Å². The van der Waals surface area contributed by atoms with Gasteiger partial charge in [0, 0.05) is 13.1 Å². The average molecular weight is 261 g/mol. The molecule has 1 aromatic heterocycles. The van der Waals surface area contributed by atoms with Gasteiger partial charge in [-0.15, -0.1) is 0 Å². The van der Waals surface area contributed by atoms with Gasteiger partial charge in [-0.2, -0.15) is 4.31 Å². The molecule has 0 amide bonds. The maximum atomic E-state index is 12.2. The van der Waals surface area contributed by atoms with E-state index >= 15 is 0 Å². The second kappa shape index (κ2) is 4.31. The van der Waals surface area contributed by atoms with E-state index < -0.39 is 10.0 Å². The van der Waals surface area contributed by atoms with Crippen molar-refractivity contribution in [2.75, 3.05) is 13.1 Å². The van der Waals surface area contributed by atoms with E-state index in [0.29, 0.717) is 23.9 Å². The zero-order valence-corrected chi connectivity index (χ0v) is 10.6. The van der Waals surface area contributed by atoms with Crippen LogP contribution in [0.25, 0.3) is 0 Å². The third-order valence-electron chi connectivity index (χ3n) is 2.69. The number of hydrogen-bond acceptors (Lipinski definition) is 3. The highest BCUT2D eigenvalue weighted by Crippen LogP contribution is 2.23. The molecule has 4 nitrogen and oxygen atoms in total. The predicted molar refractivity (Wildman–Crippen MR) is 62.0 cm³/mol. The molecule has 0 saturated carbocycles. The topological polar surface area (TPSA) is 50.3 Å². The zero-order chi connectivity index (χ0) is 11.8. The third kappa shape index (κ3) is 2.07. The van der Waals surface area contributed by atoms with Gasteiger partial charge in [0.25, 0.3) is 0 Å². The van der Waals surface area contributed by atoms with Crippen LogP contribution in [0.4, 0.5) is 0 Å². The summed E-state index contributed by atoms with van der Waals surface area (Å²) in [4.78, 5) is 4.23. The molecule has 0 unspecified atom stereocenters. The van der Waals surface area contributed by atoms with E-state index in [1.807, 2.05) is 0 Å². The van der Waals surface area contributed by atoms with Crippen molar-refractivity contribution < 1.29 is 8.42 Å². The molecule has 0 aliphatic carbocycles. The van der Waals surface area contributed by atoms with Gasteiger partial charge in [-0.25, -0.2) is 13.4 Å². The smallest absolute Gasteiger partial charge is 0.240 e. The Kier molecular flexibility index (Phi) is 3.19. The second-order valence-corrected chi connectivity index (χ2v) is 6.12. The summed E-state index contributed by atoms with van der Waals surface area (Å²) in [5.74, 6) is 0. The number of halogens is 1. The maximum absolute atomic E-state index is 12.2. The minimum Gasteiger partial charge on any atom is -0.240 e. The van der Waals surface area contributed by atoms with Crippen molar-refractivity contribution >= 4 is 21.6 Å². The molecule has 1 saturated heterocycles. The molecular weight excluding hydrogens is 248 g/mol. The lowest BCUT2D eigenvalue weighted by molar-refractivity contribution is 0.476. The normalized spacial score (nSPS) is 17.9. The first kappa shape index (κ1) is 11.8. The van der Waals surface area contributed by atoms with Crippen molar-refractivity contribution in [1.82, 2.24) is 9.29 Å². The molecule has 0 atom stereocenters. The van der Waals surface area contributed by atoms with E-state index in [9.17, 15) is 8.42 Å². The number of aryl methyl sites for hydroxylation is 1. The Bertz CT molecular complexity index is 496. The Morgan fingerprint density at radius 2 is 1.94 bits per heavy atom. The summed E-state index contributed by atoms with van der Waals surface area (Å²) >= 11 is 5.71. The molecule has 6 heteroatoms. The van der Waals surface area contributed by atoms with Crippen molar-refractivity contribution in [1.29, 1.82) is 0 Å². The van der Waals surface area contributed by atoms with Crippen molar-refractivity contribution in [3.8, 4) is 0 Å². The summed E-state index contributed by atoms with van der Waals surface area (Å²) in [6, 6.07) is 3.04. The van der Waals surface area contributed by atoms with Gasteiger partial charge in [0.05, 0.1) is 5.69 Å². The first-order valence-electron chi connectivity index (χ1n) is 5.15. The minimum absolute atomic E-state index is 0.263. The van der Waals surface area contributed by atoms with E-state index in [1.165, 1.54) is 16.4 Å². The van der Waals surface area contributed by atoms with Crippen LogP contribution in [0.15, 0.2) is 17.0 Å². The maximum Gasteiger partial charge on any atom is 0.244 e. The van der Waals surface area contributed by atoms with Gasteiger partial charge < -0.3 is 0 Å². The molecule has 1 aliphatic heterocycles. The Balaban J connectivity index is 2.42.